The second-order valence-corrected chi connectivity index (χ2v) is 19.5. The average molecular weight is 981 g/mol. The average Bonchev–Trinajstić information content (AvgIpc) is 3.99. The smallest absolute Gasteiger partial charge is 0.0622 e. The largest absolute Gasteiger partial charge is 0.0714 e. The standard InChI is InChI=1S/C65H40Br2/c66-47-33-35-53-54-36-34-48(67)40-60(54)65(59(53)39-47,45-23-15-21-43(37-45)61(41-17-3-1-4-18-41)63-55-29-11-7-25-49(55)50-26-8-12-30-56(50)63)46-24-16-22-44(38-46)62(42-19-5-2-6-20-42)64-57-31-13-9-27-51(57)52-28-10-14-32-58(52)64/h1-40H. The van der Waals surface area contributed by atoms with E-state index in [1.54, 1.807) is 0 Å². The van der Waals surface area contributed by atoms with Gasteiger partial charge in [0.05, 0.1) is 5.41 Å². The molecule has 3 aliphatic carbocycles. The summed E-state index contributed by atoms with van der Waals surface area (Å²) in [5.74, 6) is 0. The highest BCUT2D eigenvalue weighted by Crippen LogP contribution is 2.59. The minimum Gasteiger partial charge on any atom is -0.0622 e. The Morgan fingerprint density at radius 2 is 0.567 bits per heavy atom. The molecular formula is C65H40Br2. The lowest BCUT2D eigenvalue weighted by Crippen LogP contribution is -2.29. The molecule has 0 N–H and O–H groups in total. The van der Waals surface area contributed by atoms with Crippen molar-refractivity contribution in [2.24, 2.45) is 0 Å². The van der Waals surface area contributed by atoms with Crippen molar-refractivity contribution in [2.75, 3.05) is 0 Å². The summed E-state index contributed by atoms with van der Waals surface area (Å²) in [4.78, 5) is 0. The van der Waals surface area contributed by atoms with Crippen LogP contribution in [0.5, 0.6) is 0 Å². The quantitative estimate of drug-likeness (QED) is 0.156. The maximum absolute atomic E-state index is 3.98. The zero-order valence-corrected chi connectivity index (χ0v) is 39.5. The van der Waals surface area contributed by atoms with E-state index in [1.165, 1.54) is 122 Å². The van der Waals surface area contributed by atoms with Crippen LogP contribution >= 0.6 is 31.9 Å². The highest BCUT2D eigenvalue weighted by atomic mass is 79.9. The third-order valence-electron chi connectivity index (χ3n) is 14.2. The summed E-state index contributed by atoms with van der Waals surface area (Å²) in [6.07, 6.45) is 0. The van der Waals surface area contributed by atoms with Gasteiger partial charge in [-0.3, -0.25) is 0 Å². The zero-order valence-electron chi connectivity index (χ0n) is 36.3. The van der Waals surface area contributed by atoms with Crippen molar-refractivity contribution in [3.63, 3.8) is 0 Å². The van der Waals surface area contributed by atoms with Gasteiger partial charge in [0.2, 0.25) is 0 Å². The maximum Gasteiger partial charge on any atom is 0.0714 e. The van der Waals surface area contributed by atoms with Crippen LogP contribution in [0.1, 0.15) is 66.8 Å². The molecule has 0 saturated heterocycles. The van der Waals surface area contributed by atoms with E-state index in [2.05, 4.69) is 275 Å². The van der Waals surface area contributed by atoms with Gasteiger partial charge in [-0.05, 0) is 159 Å². The molecule has 0 aliphatic heterocycles. The fourth-order valence-electron chi connectivity index (χ4n) is 11.6. The second kappa shape index (κ2) is 15.9. The van der Waals surface area contributed by atoms with Crippen molar-refractivity contribution in [3.8, 4) is 33.4 Å². The predicted molar refractivity (Wildman–Crippen MR) is 286 cm³/mol. The molecule has 67 heavy (non-hydrogen) atoms. The predicted octanol–water partition coefficient (Wildman–Crippen LogP) is 17.6. The molecule has 0 radical (unpaired) electrons. The number of hydrogen-bond donors (Lipinski definition) is 0. The Labute approximate surface area is 408 Å². The highest BCUT2D eigenvalue weighted by molar-refractivity contribution is 9.10. The molecule has 13 rings (SSSR count). The monoisotopic (exact) mass is 978 g/mol. The van der Waals surface area contributed by atoms with Gasteiger partial charge in [-0.2, -0.15) is 0 Å². The third-order valence-corrected chi connectivity index (χ3v) is 15.2. The van der Waals surface area contributed by atoms with E-state index < -0.39 is 5.41 Å². The number of halogens is 2. The summed E-state index contributed by atoms with van der Waals surface area (Å²) in [5.41, 5.74) is 26.5. The minimum absolute atomic E-state index is 0.708. The summed E-state index contributed by atoms with van der Waals surface area (Å²) in [7, 11) is 0. The van der Waals surface area contributed by atoms with Crippen LogP contribution in [0.2, 0.25) is 0 Å². The first kappa shape index (κ1) is 40.0. The van der Waals surface area contributed by atoms with Gasteiger partial charge in [0.1, 0.15) is 0 Å². The van der Waals surface area contributed by atoms with Crippen LogP contribution in [0.3, 0.4) is 0 Å². The van der Waals surface area contributed by atoms with Gasteiger partial charge < -0.3 is 0 Å². The Morgan fingerprint density at radius 3 is 0.925 bits per heavy atom. The lowest BCUT2D eigenvalue weighted by atomic mass is 9.66. The molecule has 0 atom stereocenters. The summed E-state index contributed by atoms with van der Waals surface area (Å²) in [6, 6.07) is 90.2. The topological polar surface area (TPSA) is 0 Å². The van der Waals surface area contributed by atoms with Crippen LogP contribution in [-0.2, 0) is 5.41 Å². The van der Waals surface area contributed by atoms with Crippen molar-refractivity contribution < 1.29 is 0 Å². The van der Waals surface area contributed by atoms with E-state index in [0.717, 1.165) is 8.95 Å². The van der Waals surface area contributed by atoms with Crippen LogP contribution in [-0.4, -0.2) is 0 Å². The van der Waals surface area contributed by atoms with E-state index in [1.807, 2.05) is 0 Å². The normalized spacial score (nSPS) is 13.3. The van der Waals surface area contributed by atoms with Gasteiger partial charge in [0.25, 0.3) is 0 Å². The van der Waals surface area contributed by atoms with E-state index in [0.29, 0.717) is 0 Å². The van der Waals surface area contributed by atoms with Gasteiger partial charge in [-0.15, -0.1) is 0 Å². The van der Waals surface area contributed by atoms with E-state index in [-0.39, 0.29) is 0 Å². The molecule has 10 aromatic carbocycles. The van der Waals surface area contributed by atoms with Gasteiger partial charge >= 0.3 is 0 Å². The molecule has 0 bridgehead atoms. The van der Waals surface area contributed by atoms with Crippen molar-refractivity contribution >= 4 is 54.2 Å². The minimum atomic E-state index is -0.708. The molecule has 0 aromatic heterocycles. The molecule has 0 heterocycles. The summed E-state index contributed by atoms with van der Waals surface area (Å²) in [5, 5.41) is 0. The van der Waals surface area contributed by atoms with Crippen molar-refractivity contribution in [2.45, 2.75) is 5.41 Å². The lowest BCUT2D eigenvalue weighted by molar-refractivity contribution is 0.766. The first-order valence-corrected chi connectivity index (χ1v) is 24.5. The van der Waals surface area contributed by atoms with Gasteiger partial charge in [0.15, 0.2) is 0 Å². The van der Waals surface area contributed by atoms with Gasteiger partial charge in [-0.25, -0.2) is 0 Å². The molecule has 0 amide bonds. The van der Waals surface area contributed by atoms with E-state index in [4.69, 9.17) is 0 Å². The van der Waals surface area contributed by atoms with Crippen LogP contribution < -0.4 is 0 Å². The fourth-order valence-corrected chi connectivity index (χ4v) is 12.3. The highest BCUT2D eigenvalue weighted by Gasteiger charge is 2.47. The molecule has 0 nitrogen and oxygen atoms in total. The molecule has 0 saturated carbocycles. The van der Waals surface area contributed by atoms with E-state index >= 15 is 0 Å². The summed E-state index contributed by atoms with van der Waals surface area (Å²) >= 11 is 7.97. The SMILES string of the molecule is Brc1ccc2c(c1)C(c1cccc(C(=C3c4ccccc4-c4ccccc43)c3ccccc3)c1)(c1cccc(C(=C3c4ccccc4-c4ccccc43)c3ccccc3)c1)c1cc(Br)ccc1-2. The van der Waals surface area contributed by atoms with E-state index in [9.17, 15) is 0 Å². The first-order chi connectivity index (χ1) is 33.1. The Morgan fingerprint density at radius 1 is 0.254 bits per heavy atom. The Bertz CT molecular complexity index is 3360. The molecule has 2 heteroatoms. The second-order valence-electron chi connectivity index (χ2n) is 17.7. The van der Waals surface area contributed by atoms with Crippen molar-refractivity contribution in [3.05, 3.63) is 318 Å². The molecular weight excluding hydrogens is 941 g/mol. The summed E-state index contributed by atoms with van der Waals surface area (Å²) < 4.78 is 2.10. The van der Waals surface area contributed by atoms with Crippen LogP contribution in [0, 0.1) is 0 Å². The Hall–Kier alpha value is -7.36. The van der Waals surface area contributed by atoms with Crippen molar-refractivity contribution in [1.29, 1.82) is 0 Å². The first-order valence-electron chi connectivity index (χ1n) is 22.9. The van der Waals surface area contributed by atoms with Gasteiger partial charge in [-0.1, -0.05) is 238 Å². The lowest BCUT2D eigenvalue weighted by Gasteiger charge is -2.35. The summed E-state index contributed by atoms with van der Waals surface area (Å²) in [6.45, 7) is 0. The van der Waals surface area contributed by atoms with Crippen molar-refractivity contribution in [1.82, 2.24) is 0 Å². The molecule has 0 unspecified atom stereocenters. The van der Waals surface area contributed by atoms with Crippen LogP contribution in [0.25, 0.3) is 55.7 Å². The fraction of sp³-hybridized carbons (Fsp3) is 0.0154. The number of fused-ring (bicyclic) bond motifs is 9. The molecule has 0 spiro atoms. The Balaban J connectivity index is 1.13. The number of rotatable bonds is 6. The van der Waals surface area contributed by atoms with Gasteiger partial charge in [0, 0.05) is 8.95 Å². The zero-order chi connectivity index (χ0) is 44.6. The molecule has 314 valence electrons. The third kappa shape index (κ3) is 6.17. The van der Waals surface area contributed by atoms with Crippen LogP contribution in [0.4, 0.5) is 0 Å². The molecule has 10 aromatic rings. The maximum atomic E-state index is 3.98. The number of benzene rings is 10. The van der Waals surface area contributed by atoms with Crippen LogP contribution in [0.15, 0.2) is 252 Å². The molecule has 3 aliphatic rings. The molecule has 0 fully saturated rings. The Kier molecular flexibility index (Phi) is 9.49. The number of hydrogen-bond acceptors (Lipinski definition) is 0.